The van der Waals surface area contributed by atoms with E-state index in [1.807, 2.05) is 6.07 Å². The normalized spacial score (nSPS) is 31.4. The highest BCUT2D eigenvalue weighted by atomic mass is 16.4. The third kappa shape index (κ3) is 3.19. The van der Waals surface area contributed by atoms with Crippen LogP contribution in [0.2, 0.25) is 0 Å². The number of carboxylic acids is 2. The summed E-state index contributed by atoms with van der Waals surface area (Å²) in [6.45, 7) is 2.27. The number of aliphatic carboxylic acids is 2. The van der Waals surface area contributed by atoms with Crippen LogP contribution < -0.4 is 0 Å². The zero-order valence-corrected chi connectivity index (χ0v) is 15.9. The number of aryl methyl sites for hydroxylation is 1. The van der Waals surface area contributed by atoms with Crippen molar-refractivity contribution >= 4 is 17.5 Å². The molecule has 144 valence electrons. The van der Waals surface area contributed by atoms with Crippen molar-refractivity contribution in [2.24, 2.45) is 23.2 Å². The molecule has 0 saturated heterocycles. The van der Waals surface area contributed by atoms with Crippen LogP contribution in [0.3, 0.4) is 0 Å². The predicted molar refractivity (Wildman–Crippen MR) is 103 cm³/mol. The minimum atomic E-state index is -0.788. The van der Waals surface area contributed by atoms with E-state index in [1.165, 1.54) is 16.7 Å². The van der Waals surface area contributed by atoms with E-state index in [9.17, 15) is 14.7 Å². The Hall–Kier alpha value is -2.10. The highest BCUT2D eigenvalue weighted by Crippen LogP contribution is 2.61. The van der Waals surface area contributed by atoms with Gasteiger partial charge in [-0.25, -0.2) is 0 Å². The quantitative estimate of drug-likeness (QED) is 0.799. The van der Waals surface area contributed by atoms with Crippen LogP contribution in [-0.4, -0.2) is 22.2 Å². The maximum Gasteiger partial charge on any atom is 0.307 e. The highest BCUT2D eigenvalue weighted by Gasteiger charge is 2.52. The summed E-state index contributed by atoms with van der Waals surface area (Å²) >= 11 is 0. The summed E-state index contributed by atoms with van der Waals surface area (Å²) in [6, 6.07) is 6.15. The molecule has 1 saturated carbocycles. The first-order valence-corrected chi connectivity index (χ1v) is 10.2. The molecule has 0 aliphatic heterocycles. The number of carbonyl (C=O) groups is 2. The Kier molecular flexibility index (Phi) is 4.61. The van der Waals surface area contributed by atoms with E-state index in [4.69, 9.17) is 5.11 Å². The first kappa shape index (κ1) is 18.3. The van der Waals surface area contributed by atoms with Gasteiger partial charge >= 0.3 is 11.9 Å². The van der Waals surface area contributed by atoms with Crippen molar-refractivity contribution in [3.8, 4) is 0 Å². The van der Waals surface area contributed by atoms with Gasteiger partial charge in [-0.05, 0) is 84.0 Å². The lowest BCUT2D eigenvalue weighted by atomic mass is 9.58. The van der Waals surface area contributed by atoms with Crippen LogP contribution in [0.15, 0.2) is 24.3 Å². The zero-order chi connectivity index (χ0) is 19.2. The second-order valence-corrected chi connectivity index (χ2v) is 8.80. The molecule has 0 aromatic heterocycles. The summed E-state index contributed by atoms with van der Waals surface area (Å²) in [4.78, 5) is 22.3. The molecular weight excluding hydrogens is 340 g/mol. The van der Waals surface area contributed by atoms with Gasteiger partial charge < -0.3 is 10.2 Å². The molecule has 2 N–H and O–H groups in total. The molecule has 1 aromatic carbocycles. The van der Waals surface area contributed by atoms with Gasteiger partial charge in [0.15, 0.2) is 0 Å². The average molecular weight is 368 g/mol. The molecule has 3 aliphatic rings. The monoisotopic (exact) mass is 368 g/mol. The predicted octanol–water partition coefficient (Wildman–Crippen LogP) is 4.56. The van der Waals surface area contributed by atoms with E-state index in [2.05, 4.69) is 25.1 Å². The van der Waals surface area contributed by atoms with Crippen molar-refractivity contribution in [2.45, 2.75) is 58.3 Å². The standard InChI is InChI=1S/C23H28O4/c1-2-23-8-7-18-17-5-3-14(11-21(24)25)9-16(17)4-6-19(18)20(23)10-15(13-23)12-22(26)27/h3,5,7,9,15,19-20H,2,4,6,8,10-13H2,1H3,(H,24,25)(H,26,27)/t15-,19+,20-,23+/m0/s1. The molecule has 27 heavy (non-hydrogen) atoms. The zero-order valence-electron chi connectivity index (χ0n) is 15.9. The lowest BCUT2D eigenvalue weighted by molar-refractivity contribution is -0.138. The molecule has 0 heterocycles. The van der Waals surface area contributed by atoms with Gasteiger partial charge in [0.05, 0.1) is 6.42 Å². The minimum absolute atomic E-state index is 0.0776. The summed E-state index contributed by atoms with van der Waals surface area (Å²) in [7, 11) is 0. The van der Waals surface area contributed by atoms with Crippen LogP contribution in [0, 0.1) is 23.2 Å². The van der Waals surface area contributed by atoms with E-state index in [0.717, 1.165) is 44.1 Å². The number of hydrogen-bond acceptors (Lipinski definition) is 2. The molecule has 1 aromatic rings. The fourth-order valence-corrected chi connectivity index (χ4v) is 6.28. The Morgan fingerprint density at radius 2 is 2.04 bits per heavy atom. The van der Waals surface area contributed by atoms with E-state index in [-0.39, 0.29) is 11.8 Å². The van der Waals surface area contributed by atoms with Gasteiger partial charge in [0.2, 0.25) is 0 Å². The van der Waals surface area contributed by atoms with Gasteiger partial charge in [-0.15, -0.1) is 0 Å². The fourth-order valence-electron chi connectivity index (χ4n) is 6.28. The smallest absolute Gasteiger partial charge is 0.307 e. The number of rotatable bonds is 5. The van der Waals surface area contributed by atoms with Gasteiger partial charge in [0, 0.05) is 6.42 Å². The molecular formula is C23H28O4. The Morgan fingerprint density at radius 1 is 1.22 bits per heavy atom. The largest absolute Gasteiger partial charge is 0.481 e. The van der Waals surface area contributed by atoms with Crippen LogP contribution >= 0.6 is 0 Å². The van der Waals surface area contributed by atoms with Gasteiger partial charge in [-0.1, -0.05) is 31.2 Å². The summed E-state index contributed by atoms with van der Waals surface area (Å²) in [5.41, 5.74) is 5.16. The molecule has 0 amide bonds. The maximum atomic E-state index is 11.3. The number of fused-ring (bicyclic) bond motifs is 5. The van der Waals surface area contributed by atoms with Crippen molar-refractivity contribution < 1.29 is 19.8 Å². The van der Waals surface area contributed by atoms with Crippen molar-refractivity contribution in [3.05, 3.63) is 41.0 Å². The second-order valence-electron chi connectivity index (χ2n) is 8.80. The lowest BCUT2D eigenvalue weighted by Gasteiger charge is -2.46. The first-order valence-electron chi connectivity index (χ1n) is 10.2. The average Bonchev–Trinajstić information content (AvgIpc) is 2.98. The van der Waals surface area contributed by atoms with Gasteiger partial charge in [0.25, 0.3) is 0 Å². The molecule has 3 aliphatic carbocycles. The van der Waals surface area contributed by atoms with Crippen molar-refractivity contribution in [1.82, 2.24) is 0 Å². The van der Waals surface area contributed by atoms with Crippen LogP contribution in [0.5, 0.6) is 0 Å². The Bertz CT molecular complexity index is 809. The minimum Gasteiger partial charge on any atom is -0.481 e. The van der Waals surface area contributed by atoms with Crippen LogP contribution in [0.1, 0.15) is 62.1 Å². The topological polar surface area (TPSA) is 74.6 Å². The molecule has 4 atom stereocenters. The highest BCUT2D eigenvalue weighted by molar-refractivity contribution is 5.75. The van der Waals surface area contributed by atoms with E-state index in [1.54, 1.807) is 0 Å². The maximum absolute atomic E-state index is 11.3. The van der Waals surface area contributed by atoms with Gasteiger partial charge in [-0.2, -0.15) is 0 Å². The SMILES string of the molecule is CC[C@]12CC=C3c4ccc(CC(=O)O)cc4CC[C@H]3[C@@H]1C[C@@H](CC(=O)O)C2. The van der Waals surface area contributed by atoms with Crippen molar-refractivity contribution in [2.75, 3.05) is 0 Å². The molecule has 4 nitrogen and oxygen atoms in total. The van der Waals surface area contributed by atoms with Crippen LogP contribution in [-0.2, 0) is 22.4 Å². The van der Waals surface area contributed by atoms with E-state index in [0.29, 0.717) is 24.2 Å². The second kappa shape index (κ2) is 6.81. The van der Waals surface area contributed by atoms with Crippen molar-refractivity contribution in [3.63, 3.8) is 0 Å². The van der Waals surface area contributed by atoms with Gasteiger partial charge in [-0.3, -0.25) is 9.59 Å². The Morgan fingerprint density at radius 3 is 2.74 bits per heavy atom. The summed E-state index contributed by atoms with van der Waals surface area (Å²) < 4.78 is 0. The first-order chi connectivity index (χ1) is 12.9. The molecule has 0 spiro atoms. The fraction of sp³-hybridized carbons (Fsp3) is 0.565. The number of hydrogen-bond donors (Lipinski definition) is 2. The third-order valence-electron chi connectivity index (χ3n) is 7.41. The van der Waals surface area contributed by atoms with E-state index >= 15 is 0 Å². The molecule has 0 bridgehead atoms. The Labute approximate surface area is 160 Å². The van der Waals surface area contributed by atoms with Gasteiger partial charge in [0.1, 0.15) is 0 Å². The summed E-state index contributed by atoms with van der Waals surface area (Å²) in [6.07, 6.45) is 9.14. The Balaban J connectivity index is 1.63. The molecule has 4 rings (SSSR count). The van der Waals surface area contributed by atoms with Crippen LogP contribution in [0.25, 0.3) is 5.57 Å². The molecule has 0 radical (unpaired) electrons. The van der Waals surface area contributed by atoms with Crippen LogP contribution in [0.4, 0.5) is 0 Å². The molecule has 4 heteroatoms. The molecule has 0 unspecified atom stereocenters. The van der Waals surface area contributed by atoms with Crippen molar-refractivity contribution in [1.29, 1.82) is 0 Å². The third-order valence-corrected chi connectivity index (χ3v) is 7.41. The lowest BCUT2D eigenvalue weighted by Crippen LogP contribution is -2.36. The summed E-state index contributed by atoms with van der Waals surface area (Å²) in [5, 5.41) is 18.3. The number of benzene rings is 1. The molecule has 1 fully saturated rings. The number of carboxylic acid groups (broad SMARTS) is 2. The summed E-state index contributed by atoms with van der Waals surface area (Å²) in [5.74, 6) is -0.0461. The number of allylic oxidation sites excluding steroid dienone is 2. The van der Waals surface area contributed by atoms with E-state index < -0.39 is 11.9 Å².